The van der Waals surface area contributed by atoms with Crippen LogP contribution in [0.5, 0.6) is 0 Å². The van der Waals surface area contributed by atoms with Gasteiger partial charge >= 0.3 is 6.18 Å². The third kappa shape index (κ3) is 6.46. The van der Waals surface area contributed by atoms with E-state index in [9.17, 15) is 13.2 Å². The van der Waals surface area contributed by atoms with Gasteiger partial charge in [0.15, 0.2) is 0 Å². The van der Waals surface area contributed by atoms with Crippen molar-refractivity contribution in [2.45, 2.75) is 84.1 Å². The predicted octanol–water partition coefficient (Wildman–Crippen LogP) is 7.71. The number of oxime groups is 1. The molecule has 0 radical (unpaired) electrons. The predicted molar refractivity (Wildman–Crippen MR) is 135 cm³/mol. The number of likely N-dealkylation sites (tertiary alicyclic amines) is 1. The van der Waals surface area contributed by atoms with Crippen LogP contribution < -0.4 is 0 Å². The summed E-state index contributed by atoms with van der Waals surface area (Å²) in [7, 11) is 0. The molecule has 0 spiro atoms. The minimum Gasteiger partial charge on any atom is -0.391 e. The summed E-state index contributed by atoms with van der Waals surface area (Å²) in [5.41, 5.74) is -5.83. The Morgan fingerprint density at radius 2 is 1.97 bits per heavy atom. The van der Waals surface area contributed by atoms with E-state index >= 15 is 0 Å². The molecule has 1 aliphatic carbocycles. The third-order valence-corrected chi connectivity index (χ3v) is 5.64. The molecule has 0 aromatic heterocycles. The van der Waals surface area contributed by atoms with Gasteiger partial charge in [0.05, 0.1) is 14.0 Å². The number of rotatable bonds is 8. The van der Waals surface area contributed by atoms with Crippen LogP contribution in [0.15, 0.2) is 41.6 Å². The minimum atomic E-state index is -5.52. The molecule has 2 aromatic rings. The fraction of sp³-hybridized carbons (Fsp3) is 0.552. The normalized spacial score (nSPS) is 39.0. The summed E-state index contributed by atoms with van der Waals surface area (Å²) in [5, 5.41) is 3.41. The van der Waals surface area contributed by atoms with Crippen molar-refractivity contribution in [2.24, 2.45) is 11.0 Å². The molecule has 2 aliphatic rings. The zero-order chi connectivity index (χ0) is 41.7. The van der Waals surface area contributed by atoms with Gasteiger partial charge in [-0.2, -0.15) is 13.2 Å². The second-order valence-electron chi connectivity index (χ2n) is 8.16. The average Bonchev–Trinajstić information content (AvgIpc) is 2.96. The van der Waals surface area contributed by atoms with Crippen molar-refractivity contribution in [2.75, 3.05) is 13.1 Å². The van der Waals surface area contributed by atoms with E-state index in [0.717, 1.165) is 12.5 Å². The van der Waals surface area contributed by atoms with E-state index in [1.165, 1.54) is 12.1 Å². The van der Waals surface area contributed by atoms with E-state index in [1.54, 1.807) is 0 Å². The monoisotopic (exact) mass is 505 g/mol. The molecule has 4 rings (SSSR count). The largest absolute Gasteiger partial charge is 0.416 e. The molecule has 2 aromatic carbocycles. The molecule has 35 heavy (non-hydrogen) atoms. The lowest BCUT2D eigenvalue weighted by molar-refractivity contribution is -0.138. The summed E-state index contributed by atoms with van der Waals surface area (Å²) in [4.78, 5) is 6.78. The number of hydrogen-bond acceptors (Lipinski definition) is 3. The van der Waals surface area contributed by atoms with Gasteiger partial charge in [0.2, 0.25) is 0 Å². The quantitative estimate of drug-likeness (QED) is 0.271. The molecule has 2 fully saturated rings. The van der Waals surface area contributed by atoms with Gasteiger partial charge in [0, 0.05) is 29.8 Å². The van der Waals surface area contributed by atoms with Gasteiger partial charge < -0.3 is 4.84 Å². The highest BCUT2D eigenvalue weighted by atomic mass is 19.4. The Balaban J connectivity index is 1.84. The number of halogens is 3. The van der Waals surface area contributed by atoms with Gasteiger partial charge in [0.25, 0.3) is 0 Å². The van der Waals surface area contributed by atoms with Gasteiger partial charge in [-0.1, -0.05) is 55.9 Å². The van der Waals surface area contributed by atoms with E-state index in [2.05, 4.69) is 5.16 Å². The van der Waals surface area contributed by atoms with Gasteiger partial charge in [0.1, 0.15) is 6.56 Å². The second kappa shape index (κ2) is 11.2. The number of aryl methyl sites for hydroxylation is 1. The van der Waals surface area contributed by atoms with E-state index in [-0.39, 0.29) is 18.2 Å². The van der Waals surface area contributed by atoms with Crippen molar-refractivity contribution < 1.29 is 44.1 Å². The molecule has 1 saturated heterocycles. The summed E-state index contributed by atoms with van der Waals surface area (Å²) < 4.78 is 200. The topological polar surface area (TPSA) is 24.8 Å². The van der Waals surface area contributed by atoms with Crippen molar-refractivity contribution in [1.82, 2.24) is 4.90 Å². The van der Waals surface area contributed by atoms with Crippen molar-refractivity contribution >= 4 is 5.71 Å². The van der Waals surface area contributed by atoms with Crippen LogP contribution in [0.2, 0.25) is 0 Å². The highest BCUT2D eigenvalue weighted by Crippen LogP contribution is 2.42. The van der Waals surface area contributed by atoms with Gasteiger partial charge in [-0.3, -0.25) is 4.90 Å². The number of hydrogen-bond donors (Lipinski definition) is 0. The highest BCUT2D eigenvalue weighted by molar-refractivity contribution is 5.98. The van der Waals surface area contributed by atoms with Crippen LogP contribution in [0.3, 0.4) is 0 Å². The van der Waals surface area contributed by atoms with Crippen LogP contribution in [-0.4, -0.2) is 23.7 Å². The molecule has 190 valence electrons. The summed E-state index contributed by atoms with van der Waals surface area (Å²) in [6.45, 7) is -7.86. The Hall–Kier alpha value is -2.34. The van der Waals surface area contributed by atoms with Gasteiger partial charge in [-0.05, 0) is 97.2 Å². The highest BCUT2D eigenvalue weighted by Gasteiger charge is 2.36. The van der Waals surface area contributed by atoms with E-state index in [0.29, 0.717) is 32.1 Å². The molecule has 1 aliphatic heterocycles. The first-order valence-electron chi connectivity index (χ1n) is 20.3. The summed E-state index contributed by atoms with van der Waals surface area (Å²) >= 11 is 0. The summed E-state index contributed by atoms with van der Waals surface area (Å²) in [6.07, 6.45) is -22.1. The van der Waals surface area contributed by atoms with Crippen LogP contribution in [0.4, 0.5) is 13.2 Å². The maximum atomic E-state index is 14.7. The lowest BCUT2D eigenvalue weighted by Gasteiger charge is -2.31. The van der Waals surface area contributed by atoms with Gasteiger partial charge in [-0.15, -0.1) is 0 Å². The molecule has 3 nitrogen and oxygen atoms in total. The third-order valence-electron chi connectivity index (χ3n) is 5.64. The molecule has 0 amide bonds. The standard InChI is InChI=1S/C29H37F3N2O/c1-4-23-17-25(11-12-26(23)18-34-14-5-15-34)21(3)33-35-19-22-8-13-27(28(16-22)29(30,31)32)24-9-6-20(2)7-10-24/h8,11-13,16-17,20,24H,4-7,9-10,14-15,18-19H2,1-3H3/b33-21+/i1D3,3D3,4D2,6D2,7D2,9D2,10D2,19D2,20D. The maximum absolute atomic E-state index is 14.7. The summed E-state index contributed by atoms with van der Waals surface area (Å²) in [5.74, 6) is -5.97. The molecule has 0 bridgehead atoms. The second-order valence-corrected chi connectivity index (χ2v) is 8.16. The van der Waals surface area contributed by atoms with Crippen molar-refractivity contribution in [1.29, 1.82) is 0 Å². The van der Waals surface area contributed by atoms with Crippen LogP contribution in [-0.2, 0) is 30.5 Å². The fourth-order valence-corrected chi connectivity index (χ4v) is 3.63. The van der Waals surface area contributed by atoms with E-state index < -0.39 is 104 Å². The van der Waals surface area contributed by atoms with Crippen molar-refractivity contribution in [3.8, 4) is 0 Å². The first-order chi connectivity index (χ1) is 24.0. The Bertz CT molecular complexity index is 1750. The van der Waals surface area contributed by atoms with Crippen LogP contribution in [0.1, 0.15) is 118 Å². The zero-order valence-electron chi connectivity index (χ0n) is 37.8. The number of nitrogens with zero attached hydrogens (tertiary/aromatic N) is 2. The molecular weight excluding hydrogens is 449 g/mol. The summed E-state index contributed by atoms with van der Waals surface area (Å²) in [6, 6.07) is 4.47. The van der Waals surface area contributed by atoms with E-state index in [1.807, 2.05) is 4.90 Å². The Kier molecular flexibility index (Phi) is 3.49. The molecule has 6 heteroatoms. The van der Waals surface area contributed by atoms with Crippen molar-refractivity contribution in [3.05, 3.63) is 69.8 Å². The molecule has 0 atom stereocenters. The molecule has 0 N–H and O–H groups in total. The van der Waals surface area contributed by atoms with Crippen LogP contribution in [0.25, 0.3) is 0 Å². The Morgan fingerprint density at radius 1 is 1.17 bits per heavy atom. The molecular formula is C29H37F3N2O. The molecule has 0 unspecified atom stereocenters. The fourth-order valence-electron chi connectivity index (χ4n) is 3.63. The average molecular weight is 506 g/mol. The molecule has 1 heterocycles. The number of benzene rings is 2. The lowest BCUT2D eigenvalue weighted by Crippen LogP contribution is -2.36. The Morgan fingerprint density at radius 3 is 2.63 bits per heavy atom. The number of alkyl halides is 3. The minimum absolute atomic E-state index is 0.0826. The van der Waals surface area contributed by atoms with Crippen molar-refractivity contribution in [3.63, 3.8) is 0 Å². The SMILES string of the molecule is [2H]C([2H])([2H])/C(=N\OC([2H])([2H])c1ccc(C2C([2H])([2H])C([2H])([2H])C([2H])(C)C([2H])([2H])C2([2H])[2H])c(C(F)(F)F)c1)c1ccc(CN2CCC2)c(C([2H])([2H])C([2H])([2H])[2H])c1. The Labute approximate surface area is 234 Å². The van der Waals surface area contributed by atoms with Crippen LogP contribution in [0, 0.1) is 5.89 Å². The zero-order valence-corrected chi connectivity index (χ0v) is 18.8. The first-order valence-corrected chi connectivity index (χ1v) is 10.8. The van der Waals surface area contributed by atoms with E-state index in [4.69, 9.17) is 30.9 Å². The lowest BCUT2D eigenvalue weighted by atomic mass is 9.78. The first kappa shape index (κ1) is 11.0. The van der Waals surface area contributed by atoms with Gasteiger partial charge in [-0.25, -0.2) is 0 Å². The smallest absolute Gasteiger partial charge is 0.391 e. The van der Waals surface area contributed by atoms with Crippen LogP contribution >= 0.6 is 0 Å². The molecule has 1 saturated carbocycles. The maximum Gasteiger partial charge on any atom is 0.416 e.